The van der Waals surface area contributed by atoms with Crippen molar-refractivity contribution in [2.24, 2.45) is 0 Å². The van der Waals surface area contributed by atoms with Crippen molar-refractivity contribution in [2.45, 2.75) is 48.0 Å². The summed E-state index contributed by atoms with van der Waals surface area (Å²) in [6.45, 7) is 12.9. The third-order valence-corrected chi connectivity index (χ3v) is 4.89. The lowest BCUT2D eigenvalue weighted by atomic mass is 9.96. The van der Waals surface area contributed by atoms with Crippen LogP contribution in [0.1, 0.15) is 40.6 Å². The van der Waals surface area contributed by atoms with E-state index in [1.807, 2.05) is 0 Å². The van der Waals surface area contributed by atoms with Gasteiger partial charge in [-0.1, -0.05) is 19.1 Å². The lowest BCUT2D eigenvalue weighted by Crippen LogP contribution is -2.00. The van der Waals surface area contributed by atoms with Crippen LogP contribution in [0.3, 0.4) is 0 Å². The summed E-state index contributed by atoms with van der Waals surface area (Å²) in [5.41, 5.74) is 9.63. The molecule has 3 aromatic rings. The summed E-state index contributed by atoms with van der Waals surface area (Å²) in [5, 5.41) is 2.48. The van der Waals surface area contributed by atoms with Crippen LogP contribution >= 0.6 is 0 Å². The number of fused-ring (bicyclic) bond motifs is 3. The Kier molecular flexibility index (Phi) is 3.20. The van der Waals surface area contributed by atoms with Crippen LogP contribution in [-0.4, -0.2) is 9.97 Å². The average molecular weight is 278 g/mol. The van der Waals surface area contributed by atoms with Crippen molar-refractivity contribution in [2.75, 3.05) is 0 Å². The second-order valence-corrected chi connectivity index (χ2v) is 5.96. The molecule has 0 aliphatic carbocycles. The first-order chi connectivity index (χ1) is 9.95. The molecule has 2 heteroatoms. The van der Waals surface area contributed by atoms with E-state index >= 15 is 0 Å². The van der Waals surface area contributed by atoms with E-state index in [4.69, 9.17) is 9.97 Å². The fraction of sp³-hybridized carbons (Fsp3) is 0.368. The van der Waals surface area contributed by atoms with Crippen LogP contribution < -0.4 is 0 Å². The van der Waals surface area contributed by atoms with Crippen molar-refractivity contribution in [3.63, 3.8) is 0 Å². The number of hydrogen-bond donors (Lipinski definition) is 0. The summed E-state index contributed by atoms with van der Waals surface area (Å²) in [4.78, 5) is 9.71. The van der Waals surface area contributed by atoms with Gasteiger partial charge in [0.15, 0.2) is 0 Å². The van der Waals surface area contributed by atoms with Crippen LogP contribution in [0.4, 0.5) is 0 Å². The largest absolute Gasteiger partial charge is 0.251 e. The van der Waals surface area contributed by atoms with Crippen LogP contribution in [0.15, 0.2) is 12.1 Å². The van der Waals surface area contributed by atoms with Gasteiger partial charge in [0.1, 0.15) is 0 Å². The molecule has 108 valence electrons. The van der Waals surface area contributed by atoms with Gasteiger partial charge in [-0.25, -0.2) is 0 Å². The molecule has 3 rings (SSSR count). The van der Waals surface area contributed by atoms with Gasteiger partial charge in [0, 0.05) is 22.2 Å². The van der Waals surface area contributed by atoms with Crippen molar-refractivity contribution < 1.29 is 0 Å². The van der Waals surface area contributed by atoms with Crippen molar-refractivity contribution in [3.8, 4) is 0 Å². The molecule has 0 atom stereocenters. The number of nitrogens with zero attached hydrogens (tertiary/aromatic N) is 2. The van der Waals surface area contributed by atoms with E-state index in [-0.39, 0.29) is 0 Å². The Balaban J connectivity index is 2.58. The first kappa shape index (κ1) is 14.0. The number of aromatic nitrogens is 2. The molecule has 0 saturated carbocycles. The highest BCUT2D eigenvalue weighted by molar-refractivity contribution is 6.05. The molecule has 1 aromatic carbocycles. The maximum atomic E-state index is 4.86. The Morgan fingerprint density at radius 3 is 1.86 bits per heavy atom. The summed E-state index contributed by atoms with van der Waals surface area (Å²) in [5.74, 6) is 0. The molecule has 0 amide bonds. The molecule has 0 saturated heterocycles. The maximum Gasteiger partial charge on any atom is 0.0970 e. The van der Waals surface area contributed by atoms with Crippen molar-refractivity contribution >= 4 is 21.8 Å². The molecular formula is C19H22N2. The molecule has 0 bridgehead atoms. The van der Waals surface area contributed by atoms with E-state index in [1.165, 1.54) is 33.0 Å². The van der Waals surface area contributed by atoms with Crippen molar-refractivity contribution in [1.82, 2.24) is 9.97 Å². The van der Waals surface area contributed by atoms with Gasteiger partial charge in [0.25, 0.3) is 0 Å². The zero-order valence-electron chi connectivity index (χ0n) is 13.8. The van der Waals surface area contributed by atoms with E-state index in [0.29, 0.717) is 0 Å². The van der Waals surface area contributed by atoms with Crippen LogP contribution in [0.5, 0.6) is 0 Å². The SMILES string of the molecule is CCc1c(C)c(C)nc2c1ccc1c(C)c(C)c(C)nc12. The smallest absolute Gasteiger partial charge is 0.0970 e. The number of rotatable bonds is 1. The second kappa shape index (κ2) is 4.80. The predicted molar refractivity (Wildman–Crippen MR) is 90.1 cm³/mol. The summed E-state index contributed by atoms with van der Waals surface area (Å²) < 4.78 is 0. The highest BCUT2D eigenvalue weighted by atomic mass is 14.8. The lowest BCUT2D eigenvalue weighted by molar-refractivity contribution is 1.08. The van der Waals surface area contributed by atoms with Gasteiger partial charge in [-0.2, -0.15) is 0 Å². The zero-order valence-corrected chi connectivity index (χ0v) is 13.8. The fourth-order valence-electron chi connectivity index (χ4n) is 3.20. The molecule has 21 heavy (non-hydrogen) atoms. The lowest BCUT2D eigenvalue weighted by Gasteiger charge is -2.15. The monoisotopic (exact) mass is 278 g/mol. The van der Waals surface area contributed by atoms with E-state index < -0.39 is 0 Å². The van der Waals surface area contributed by atoms with Gasteiger partial charge in [-0.15, -0.1) is 0 Å². The molecule has 2 heterocycles. The Labute approximate surface area is 126 Å². The Morgan fingerprint density at radius 2 is 1.24 bits per heavy atom. The first-order valence-corrected chi connectivity index (χ1v) is 7.62. The number of aryl methyl sites for hydroxylation is 4. The van der Waals surface area contributed by atoms with Crippen molar-refractivity contribution in [1.29, 1.82) is 0 Å². The minimum absolute atomic E-state index is 1.03. The van der Waals surface area contributed by atoms with Crippen molar-refractivity contribution in [3.05, 3.63) is 45.8 Å². The van der Waals surface area contributed by atoms with Gasteiger partial charge in [0.05, 0.1) is 11.0 Å². The molecule has 0 spiro atoms. The van der Waals surface area contributed by atoms with Gasteiger partial charge < -0.3 is 0 Å². The normalized spacial score (nSPS) is 11.5. The van der Waals surface area contributed by atoms with Crippen LogP contribution in [0.2, 0.25) is 0 Å². The maximum absolute atomic E-state index is 4.86. The Hall–Kier alpha value is -1.96. The number of benzene rings is 1. The second-order valence-electron chi connectivity index (χ2n) is 5.96. The highest BCUT2D eigenvalue weighted by Gasteiger charge is 2.14. The average Bonchev–Trinajstić information content (AvgIpc) is 2.46. The number of hydrogen-bond acceptors (Lipinski definition) is 2. The van der Waals surface area contributed by atoms with Gasteiger partial charge >= 0.3 is 0 Å². The third kappa shape index (κ3) is 1.93. The summed E-state index contributed by atoms with van der Waals surface area (Å²) in [7, 11) is 0. The third-order valence-electron chi connectivity index (χ3n) is 4.89. The molecule has 0 radical (unpaired) electrons. The summed E-state index contributed by atoms with van der Waals surface area (Å²) >= 11 is 0. The highest BCUT2D eigenvalue weighted by Crippen LogP contribution is 2.31. The van der Waals surface area contributed by atoms with Gasteiger partial charge in [-0.3, -0.25) is 9.97 Å². The van der Waals surface area contributed by atoms with E-state index in [9.17, 15) is 0 Å². The predicted octanol–water partition coefficient (Wildman–Crippen LogP) is 4.89. The molecule has 2 aromatic heterocycles. The van der Waals surface area contributed by atoms with E-state index in [2.05, 4.69) is 53.7 Å². The van der Waals surface area contributed by atoms with E-state index in [0.717, 1.165) is 28.8 Å². The Morgan fingerprint density at radius 1 is 0.714 bits per heavy atom. The first-order valence-electron chi connectivity index (χ1n) is 7.62. The quantitative estimate of drug-likeness (QED) is 0.592. The van der Waals surface area contributed by atoms with Crippen LogP contribution in [0.25, 0.3) is 21.8 Å². The van der Waals surface area contributed by atoms with Gasteiger partial charge in [0.2, 0.25) is 0 Å². The Bertz CT molecular complexity index is 876. The molecule has 0 unspecified atom stereocenters. The minimum atomic E-state index is 1.03. The molecule has 0 aliphatic rings. The molecular weight excluding hydrogens is 256 g/mol. The molecule has 0 fully saturated rings. The number of pyridine rings is 2. The zero-order chi connectivity index (χ0) is 15.3. The van der Waals surface area contributed by atoms with Gasteiger partial charge in [-0.05, 0) is 63.3 Å². The van der Waals surface area contributed by atoms with Crippen LogP contribution in [0, 0.1) is 34.6 Å². The molecule has 2 nitrogen and oxygen atoms in total. The molecule has 0 N–H and O–H groups in total. The molecule has 0 aliphatic heterocycles. The van der Waals surface area contributed by atoms with Crippen LogP contribution in [-0.2, 0) is 6.42 Å². The minimum Gasteiger partial charge on any atom is -0.251 e. The van der Waals surface area contributed by atoms with E-state index in [1.54, 1.807) is 0 Å². The topological polar surface area (TPSA) is 25.8 Å². The fourth-order valence-corrected chi connectivity index (χ4v) is 3.20. The summed E-state index contributed by atoms with van der Waals surface area (Å²) in [6.07, 6.45) is 1.03. The summed E-state index contributed by atoms with van der Waals surface area (Å²) in [6, 6.07) is 4.43. The standard InChI is InChI=1S/C19H22N2/c1-7-15-12(4)14(6)21-19-17(15)9-8-16-11(3)10(2)13(5)20-18(16)19/h8-9H,7H2,1-6H3.